The van der Waals surface area contributed by atoms with Gasteiger partial charge in [-0.25, -0.2) is 0 Å². The van der Waals surface area contributed by atoms with Crippen LogP contribution in [0.15, 0.2) is 49.2 Å². The van der Waals surface area contributed by atoms with Crippen LogP contribution in [0.4, 0.5) is 11.4 Å². The highest BCUT2D eigenvalue weighted by atomic mass is 14.7. The van der Waals surface area contributed by atoms with E-state index in [1.54, 1.807) is 0 Å². The number of benzene rings is 2. The van der Waals surface area contributed by atoms with Crippen LogP contribution in [-0.2, 0) is 6.42 Å². The van der Waals surface area contributed by atoms with Crippen molar-refractivity contribution >= 4 is 27.9 Å². The molecular formula is C20H21N3. The number of aromatic nitrogens is 1. The van der Waals surface area contributed by atoms with Gasteiger partial charge < -0.3 is 11.5 Å². The normalized spacial score (nSPS) is 10.9. The maximum Gasteiger partial charge on any atom is 0.0725 e. The number of hydrogen-bond donors (Lipinski definition) is 2. The standard InChI is InChI=1S/C20H21N3/c1-12(2)16-10-17-15(6-7-23-20(17)11-19(16)22)9-14-4-5-18(21)13(3)8-14/h4-8,10-11H,1,9,21-22H2,2-3H3. The van der Waals surface area contributed by atoms with Gasteiger partial charge in [-0.05, 0) is 66.8 Å². The van der Waals surface area contributed by atoms with Gasteiger partial charge in [0.05, 0.1) is 5.52 Å². The first kappa shape index (κ1) is 15.1. The van der Waals surface area contributed by atoms with Crippen molar-refractivity contribution in [2.45, 2.75) is 20.3 Å². The van der Waals surface area contributed by atoms with Crippen molar-refractivity contribution in [1.29, 1.82) is 0 Å². The Labute approximate surface area is 136 Å². The second-order valence-electron chi connectivity index (χ2n) is 6.07. The van der Waals surface area contributed by atoms with E-state index in [2.05, 4.69) is 35.8 Å². The van der Waals surface area contributed by atoms with Crippen LogP contribution in [0.5, 0.6) is 0 Å². The number of hydrogen-bond acceptors (Lipinski definition) is 3. The lowest BCUT2D eigenvalue weighted by Gasteiger charge is -2.11. The highest BCUT2D eigenvalue weighted by molar-refractivity contribution is 5.91. The molecular weight excluding hydrogens is 282 g/mol. The van der Waals surface area contributed by atoms with Gasteiger partial charge in [0.15, 0.2) is 0 Å². The summed E-state index contributed by atoms with van der Waals surface area (Å²) in [6.45, 7) is 8.01. The van der Waals surface area contributed by atoms with Gasteiger partial charge in [-0.1, -0.05) is 18.7 Å². The molecule has 0 aliphatic carbocycles. The van der Waals surface area contributed by atoms with Gasteiger partial charge in [-0.15, -0.1) is 0 Å². The molecule has 0 amide bonds. The summed E-state index contributed by atoms with van der Waals surface area (Å²) in [4.78, 5) is 4.45. The lowest BCUT2D eigenvalue weighted by molar-refractivity contribution is 1.19. The molecule has 2 aromatic carbocycles. The number of nitrogen functional groups attached to an aromatic ring is 2. The number of rotatable bonds is 3. The fraction of sp³-hybridized carbons (Fsp3) is 0.150. The zero-order valence-corrected chi connectivity index (χ0v) is 13.6. The Balaban J connectivity index is 2.11. The lowest BCUT2D eigenvalue weighted by Crippen LogP contribution is -1.97. The zero-order valence-electron chi connectivity index (χ0n) is 13.6. The summed E-state index contributed by atoms with van der Waals surface area (Å²) in [5, 5.41) is 1.12. The van der Waals surface area contributed by atoms with E-state index < -0.39 is 0 Å². The first-order valence-electron chi connectivity index (χ1n) is 7.63. The minimum absolute atomic E-state index is 0.720. The second-order valence-corrected chi connectivity index (χ2v) is 6.07. The SMILES string of the molecule is C=C(C)c1cc2c(Cc3ccc(N)c(C)c3)ccnc2cc1N. The Morgan fingerprint density at radius 1 is 1.09 bits per heavy atom. The van der Waals surface area contributed by atoms with Gasteiger partial charge in [0.25, 0.3) is 0 Å². The summed E-state index contributed by atoms with van der Waals surface area (Å²) >= 11 is 0. The zero-order chi connectivity index (χ0) is 16.6. The molecule has 116 valence electrons. The van der Waals surface area contributed by atoms with Gasteiger partial charge in [0.2, 0.25) is 0 Å². The maximum atomic E-state index is 6.11. The van der Waals surface area contributed by atoms with Crippen LogP contribution in [0.1, 0.15) is 29.2 Å². The van der Waals surface area contributed by atoms with Crippen molar-refractivity contribution in [2.24, 2.45) is 0 Å². The summed E-state index contributed by atoms with van der Waals surface area (Å²) < 4.78 is 0. The van der Waals surface area contributed by atoms with E-state index in [-0.39, 0.29) is 0 Å². The van der Waals surface area contributed by atoms with E-state index in [1.807, 2.05) is 32.2 Å². The van der Waals surface area contributed by atoms with Crippen LogP contribution in [-0.4, -0.2) is 4.98 Å². The number of nitrogens with two attached hydrogens (primary N) is 2. The van der Waals surface area contributed by atoms with Crippen LogP contribution in [0.25, 0.3) is 16.5 Å². The number of allylic oxidation sites excluding steroid dienone is 1. The Morgan fingerprint density at radius 2 is 1.87 bits per heavy atom. The Morgan fingerprint density at radius 3 is 2.57 bits per heavy atom. The molecule has 3 nitrogen and oxygen atoms in total. The summed E-state index contributed by atoms with van der Waals surface area (Å²) in [6, 6.07) is 12.3. The molecule has 3 rings (SSSR count). The quantitative estimate of drug-likeness (QED) is 0.708. The van der Waals surface area contributed by atoms with E-state index >= 15 is 0 Å². The smallest absolute Gasteiger partial charge is 0.0725 e. The summed E-state index contributed by atoms with van der Waals surface area (Å²) in [5.74, 6) is 0. The third-order valence-electron chi connectivity index (χ3n) is 4.19. The Kier molecular flexibility index (Phi) is 3.78. The lowest BCUT2D eigenvalue weighted by atomic mass is 9.96. The van der Waals surface area contributed by atoms with Crippen LogP contribution in [0.2, 0.25) is 0 Å². The predicted molar refractivity (Wildman–Crippen MR) is 99.3 cm³/mol. The highest BCUT2D eigenvalue weighted by Crippen LogP contribution is 2.28. The van der Waals surface area contributed by atoms with E-state index in [9.17, 15) is 0 Å². The molecule has 1 heterocycles. The van der Waals surface area contributed by atoms with E-state index in [0.717, 1.165) is 45.4 Å². The van der Waals surface area contributed by atoms with Gasteiger partial charge in [0, 0.05) is 28.5 Å². The van der Waals surface area contributed by atoms with Crippen LogP contribution < -0.4 is 11.5 Å². The number of fused-ring (bicyclic) bond motifs is 1. The molecule has 0 fully saturated rings. The average molecular weight is 303 g/mol. The molecule has 3 aromatic rings. The molecule has 23 heavy (non-hydrogen) atoms. The van der Waals surface area contributed by atoms with Crippen LogP contribution in [0, 0.1) is 6.92 Å². The summed E-state index contributed by atoms with van der Waals surface area (Å²) in [6.07, 6.45) is 2.67. The molecule has 0 bridgehead atoms. The average Bonchev–Trinajstić information content (AvgIpc) is 2.50. The molecule has 4 N–H and O–H groups in total. The molecule has 0 saturated carbocycles. The van der Waals surface area contributed by atoms with Crippen LogP contribution >= 0.6 is 0 Å². The number of anilines is 2. The van der Waals surface area contributed by atoms with Gasteiger partial charge in [0.1, 0.15) is 0 Å². The number of aryl methyl sites for hydroxylation is 1. The largest absolute Gasteiger partial charge is 0.399 e. The van der Waals surface area contributed by atoms with Gasteiger partial charge >= 0.3 is 0 Å². The van der Waals surface area contributed by atoms with E-state index in [0.29, 0.717) is 0 Å². The molecule has 0 spiro atoms. The fourth-order valence-corrected chi connectivity index (χ4v) is 2.86. The minimum atomic E-state index is 0.720. The van der Waals surface area contributed by atoms with Crippen molar-refractivity contribution < 1.29 is 0 Å². The summed E-state index contributed by atoms with van der Waals surface area (Å²) in [5.41, 5.74) is 20.0. The van der Waals surface area contributed by atoms with Crippen LogP contribution in [0.3, 0.4) is 0 Å². The van der Waals surface area contributed by atoms with E-state index in [1.165, 1.54) is 11.1 Å². The molecule has 0 aliphatic rings. The third kappa shape index (κ3) is 2.90. The Hall–Kier alpha value is -2.81. The molecule has 1 aromatic heterocycles. The van der Waals surface area contributed by atoms with E-state index in [4.69, 9.17) is 11.5 Å². The number of pyridine rings is 1. The fourth-order valence-electron chi connectivity index (χ4n) is 2.86. The summed E-state index contributed by atoms with van der Waals surface area (Å²) in [7, 11) is 0. The van der Waals surface area contributed by atoms with Gasteiger partial charge in [-0.2, -0.15) is 0 Å². The second kappa shape index (κ2) is 5.76. The molecule has 3 heteroatoms. The predicted octanol–water partition coefficient (Wildman–Crippen LogP) is 4.33. The first-order valence-corrected chi connectivity index (χ1v) is 7.63. The van der Waals surface area contributed by atoms with Crippen molar-refractivity contribution in [3.8, 4) is 0 Å². The van der Waals surface area contributed by atoms with Crippen molar-refractivity contribution in [3.63, 3.8) is 0 Å². The van der Waals surface area contributed by atoms with Crippen molar-refractivity contribution in [1.82, 2.24) is 4.98 Å². The highest BCUT2D eigenvalue weighted by Gasteiger charge is 2.09. The monoisotopic (exact) mass is 303 g/mol. The number of nitrogens with zero attached hydrogens (tertiary/aromatic N) is 1. The van der Waals surface area contributed by atoms with Crippen molar-refractivity contribution in [3.05, 3.63) is 71.4 Å². The van der Waals surface area contributed by atoms with Crippen molar-refractivity contribution in [2.75, 3.05) is 11.5 Å². The van der Waals surface area contributed by atoms with Gasteiger partial charge in [-0.3, -0.25) is 4.98 Å². The Bertz CT molecular complexity index is 910. The minimum Gasteiger partial charge on any atom is -0.399 e. The first-order chi connectivity index (χ1) is 11.0. The third-order valence-corrected chi connectivity index (χ3v) is 4.19. The molecule has 0 atom stereocenters. The molecule has 0 unspecified atom stereocenters. The molecule has 0 radical (unpaired) electrons. The molecule has 0 aliphatic heterocycles. The maximum absolute atomic E-state index is 6.11. The topological polar surface area (TPSA) is 64.9 Å². The molecule has 0 saturated heterocycles.